The van der Waals surface area contributed by atoms with Gasteiger partial charge in [0.15, 0.2) is 0 Å². The maximum Gasteiger partial charge on any atom is 0.272 e. The molecule has 0 aliphatic carbocycles. The number of nitrogens with one attached hydrogen (secondary N) is 1. The third-order valence-corrected chi connectivity index (χ3v) is 2.48. The number of nitrogens with zero attached hydrogens (tertiary/aromatic N) is 1. The van der Waals surface area contributed by atoms with Crippen LogP contribution >= 0.6 is 11.6 Å². The third-order valence-electron chi connectivity index (χ3n) is 2.29. The van der Waals surface area contributed by atoms with E-state index in [0.717, 1.165) is 11.3 Å². The maximum absolute atomic E-state index is 11.7. The van der Waals surface area contributed by atoms with Gasteiger partial charge in [-0.25, -0.2) is 5.10 Å². The second-order valence-electron chi connectivity index (χ2n) is 4.13. The van der Waals surface area contributed by atoms with E-state index in [4.69, 9.17) is 16.3 Å². The predicted octanol–water partition coefficient (Wildman–Crippen LogP) is 2.88. The number of benzene rings is 1. The van der Waals surface area contributed by atoms with Gasteiger partial charge in [0.2, 0.25) is 0 Å². The molecule has 0 atom stereocenters. The van der Waals surface area contributed by atoms with Crippen LogP contribution in [0.5, 0.6) is 5.75 Å². The second-order valence-corrected chi connectivity index (χ2v) is 4.52. The smallest absolute Gasteiger partial charge is 0.272 e. The Kier molecular flexibility index (Phi) is 3.67. The van der Waals surface area contributed by atoms with Crippen LogP contribution in [0.4, 0.5) is 0 Å². The van der Waals surface area contributed by atoms with Gasteiger partial charge in [-0.05, 0) is 37.6 Å². The molecule has 4 nitrogen and oxygen atoms in total. The van der Waals surface area contributed by atoms with Crippen LogP contribution in [0.15, 0.2) is 35.1 Å². The normalized spacial score (nSPS) is 10.7. The molecular weight excluding hydrogens is 252 g/mol. The van der Waals surface area contributed by atoms with E-state index in [1.165, 1.54) is 6.07 Å². The molecule has 0 fully saturated rings. The second kappa shape index (κ2) is 5.23. The summed E-state index contributed by atoms with van der Waals surface area (Å²) in [5.74, 6) is 0.717. The van der Waals surface area contributed by atoms with E-state index < -0.39 is 0 Å². The highest BCUT2D eigenvalue weighted by Crippen LogP contribution is 2.22. The Bertz CT molecular complexity index is 608. The van der Waals surface area contributed by atoms with Crippen molar-refractivity contribution in [3.63, 3.8) is 0 Å². The number of hydrogen-bond donors (Lipinski definition) is 1. The van der Waals surface area contributed by atoms with Crippen LogP contribution in [0, 0.1) is 0 Å². The fraction of sp³-hybridized carbons (Fsp3) is 0.231. The van der Waals surface area contributed by atoms with Crippen LogP contribution in [0.3, 0.4) is 0 Å². The number of aromatic nitrogens is 2. The molecule has 0 unspecified atom stereocenters. The van der Waals surface area contributed by atoms with Crippen molar-refractivity contribution in [1.82, 2.24) is 10.2 Å². The summed E-state index contributed by atoms with van der Waals surface area (Å²) >= 11 is 5.78. The van der Waals surface area contributed by atoms with Crippen LogP contribution in [0.1, 0.15) is 13.8 Å². The van der Waals surface area contributed by atoms with Crippen molar-refractivity contribution < 1.29 is 4.74 Å². The van der Waals surface area contributed by atoms with Gasteiger partial charge >= 0.3 is 0 Å². The highest BCUT2D eigenvalue weighted by atomic mass is 35.5. The van der Waals surface area contributed by atoms with Gasteiger partial charge in [0, 0.05) is 0 Å². The lowest BCUT2D eigenvalue weighted by molar-refractivity contribution is 0.242. The van der Waals surface area contributed by atoms with E-state index in [1.807, 2.05) is 32.0 Å². The van der Waals surface area contributed by atoms with Crippen molar-refractivity contribution in [3.05, 3.63) is 45.8 Å². The van der Waals surface area contributed by atoms with Gasteiger partial charge in [-0.3, -0.25) is 4.79 Å². The van der Waals surface area contributed by atoms with E-state index in [2.05, 4.69) is 10.2 Å². The highest BCUT2D eigenvalue weighted by molar-refractivity contribution is 6.29. The Morgan fingerprint density at radius 1 is 1.33 bits per heavy atom. The van der Waals surface area contributed by atoms with Crippen molar-refractivity contribution >= 4 is 11.6 Å². The first-order valence-electron chi connectivity index (χ1n) is 5.58. The number of H-pyrrole nitrogens is 1. The van der Waals surface area contributed by atoms with Crippen molar-refractivity contribution in [2.45, 2.75) is 20.0 Å². The van der Waals surface area contributed by atoms with Gasteiger partial charge in [-0.15, -0.1) is 0 Å². The van der Waals surface area contributed by atoms with Gasteiger partial charge in [0.05, 0.1) is 11.7 Å². The Hall–Kier alpha value is -1.81. The molecule has 0 spiro atoms. The molecule has 94 valence electrons. The molecule has 0 saturated heterocycles. The van der Waals surface area contributed by atoms with Gasteiger partial charge < -0.3 is 4.74 Å². The summed E-state index contributed by atoms with van der Waals surface area (Å²) in [7, 11) is 0. The summed E-state index contributed by atoms with van der Waals surface area (Å²) in [6, 6.07) is 8.85. The molecule has 0 aliphatic rings. The van der Waals surface area contributed by atoms with E-state index >= 15 is 0 Å². The third kappa shape index (κ3) is 2.90. The summed E-state index contributed by atoms with van der Waals surface area (Å²) in [4.78, 5) is 11.7. The van der Waals surface area contributed by atoms with E-state index in [0.29, 0.717) is 5.56 Å². The molecule has 1 aromatic heterocycles. The van der Waals surface area contributed by atoms with Crippen LogP contribution < -0.4 is 10.3 Å². The Morgan fingerprint density at radius 2 is 2.11 bits per heavy atom. The quantitative estimate of drug-likeness (QED) is 0.927. The fourth-order valence-corrected chi connectivity index (χ4v) is 1.76. The fourth-order valence-electron chi connectivity index (χ4n) is 1.60. The molecule has 2 aromatic rings. The Labute approximate surface area is 110 Å². The molecular formula is C13H13ClN2O2. The van der Waals surface area contributed by atoms with Gasteiger partial charge in [-0.2, -0.15) is 5.10 Å². The van der Waals surface area contributed by atoms with Crippen LogP contribution in [0.25, 0.3) is 11.1 Å². The van der Waals surface area contributed by atoms with Crippen LogP contribution in [-0.4, -0.2) is 16.3 Å². The summed E-state index contributed by atoms with van der Waals surface area (Å²) in [5.41, 5.74) is 0.948. The Morgan fingerprint density at radius 3 is 2.83 bits per heavy atom. The van der Waals surface area contributed by atoms with Crippen molar-refractivity contribution in [1.29, 1.82) is 0 Å². The number of aromatic amines is 1. The molecule has 0 aliphatic heterocycles. The minimum atomic E-state index is -0.277. The lowest BCUT2D eigenvalue weighted by Crippen LogP contribution is -2.10. The van der Waals surface area contributed by atoms with Gasteiger partial charge in [0.25, 0.3) is 5.56 Å². The van der Waals surface area contributed by atoms with Crippen LogP contribution in [0.2, 0.25) is 5.15 Å². The van der Waals surface area contributed by atoms with Gasteiger partial charge in [-0.1, -0.05) is 23.7 Å². The summed E-state index contributed by atoms with van der Waals surface area (Å²) < 4.78 is 5.59. The lowest BCUT2D eigenvalue weighted by Gasteiger charge is -2.10. The summed E-state index contributed by atoms with van der Waals surface area (Å²) in [6.45, 7) is 3.89. The van der Waals surface area contributed by atoms with Crippen molar-refractivity contribution in [2.24, 2.45) is 0 Å². The Balaban J connectivity index is 2.44. The van der Waals surface area contributed by atoms with Crippen molar-refractivity contribution in [3.8, 4) is 16.9 Å². The summed E-state index contributed by atoms with van der Waals surface area (Å²) in [6.07, 6.45) is 0.0829. The number of rotatable bonds is 3. The number of hydrogen-bond acceptors (Lipinski definition) is 3. The molecule has 5 heteroatoms. The maximum atomic E-state index is 11.7. The predicted molar refractivity (Wildman–Crippen MR) is 71.1 cm³/mol. The van der Waals surface area contributed by atoms with E-state index in [-0.39, 0.29) is 16.8 Å². The average Bonchev–Trinajstić information content (AvgIpc) is 2.32. The zero-order valence-electron chi connectivity index (χ0n) is 10.1. The minimum Gasteiger partial charge on any atom is -0.491 e. The molecule has 1 N–H and O–H groups in total. The zero-order valence-corrected chi connectivity index (χ0v) is 10.9. The minimum absolute atomic E-state index is 0.0829. The molecule has 18 heavy (non-hydrogen) atoms. The summed E-state index contributed by atoms with van der Waals surface area (Å²) in [5, 5.41) is 6.23. The average molecular weight is 265 g/mol. The largest absolute Gasteiger partial charge is 0.491 e. The van der Waals surface area contributed by atoms with E-state index in [9.17, 15) is 4.79 Å². The zero-order chi connectivity index (χ0) is 13.1. The molecule has 0 saturated carbocycles. The number of halogens is 1. The van der Waals surface area contributed by atoms with Gasteiger partial charge in [0.1, 0.15) is 10.9 Å². The first-order valence-corrected chi connectivity index (χ1v) is 5.96. The first-order chi connectivity index (χ1) is 8.56. The SMILES string of the molecule is CC(C)Oc1cccc(-c2cc(Cl)n[nH]c2=O)c1. The lowest BCUT2D eigenvalue weighted by atomic mass is 10.1. The molecule has 1 heterocycles. The van der Waals surface area contributed by atoms with Crippen LogP contribution in [-0.2, 0) is 0 Å². The molecule has 0 amide bonds. The molecule has 0 bridgehead atoms. The highest BCUT2D eigenvalue weighted by Gasteiger charge is 2.07. The molecule has 1 aromatic carbocycles. The first kappa shape index (κ1) is 12.6. The standard InChI is InChI=1S/C13H13ClN2O2/c1-8(2)18-10-5-3-4-9(6-10)11-7-12(14)15-16-13(11)17/h3-8H,1-2H3,(H,16,17). The molecule has 2 rings (SSSR count). The topological polar surface area (TPSA) is 55.0 Å². The van der Waals surface area contributed by atoms with Crippen molar-refractivity contribution in [2.75, 3.05) is 0 Å². The molecule has 0 radical (unpaired) electrons. The number of ether oxygens (including phenoxy) is 1. The van der Waals surface area contributed by atoms with E-state index in [1.54, 1.807) is 6.07 Å². The monoisotopic (exact) mass is 264 g/mol.